The van der Waals surface area contributed by atoms with E-state index in [0.717, 1.165) is 54.6 Å². The summed E-state index contributed by atoms with van der Waals surface area (Å²) in [5.74, 6) is -4.59. The van der Waals surface area contributed by atoms with Crippen LogP contribution < -0.4 is 78.4 Å². The standard InChI is InChI=1S/C69H66N18O24P6/c1-82-31-34(19-55(82)64(91)85(4)37-22-52(70-28-37)61(88)76-49-13-16-58(115(103,104)105)46-25-40(112(94,95)96)7-10-43(46)49)73-67-79-68(74-35-20-56(83(2)32-35)65(92)86(5)38-23-53(71-29-38)62(89)77-50-14-17-59(116(106,107)108)47-26-41(113(97,98)99)8-11-44(47)50)81-69(80-67)75-36-21-57(84(3)33-36)66(93)87(6)39-24-54(72-30-39)63(90)78-51-15-18-60(117(109,110)111)48-27-42(114(100,101)102)9-12-45(48)51/h7-33,70-72H,1-6H3,(H,76,88)(H,77,89)(H,78,90)(H2,94,95,96)(H2,97,98,99)(H2,100,101,102)(H2,103,104,105)(H2,106,107,108)(H2,109,110,111)(H3,73,74,75,79,80,81). The Morgan fingerprint density at radius 1 is 0.333 bits per heavy atom. The number of H-pyrrole nitrogens is 3. The van der Waals surface area contributed by atoms with Gasteiger partial charge in [0.15, 0.2) is 0 Å². The molecule has 117 heavy (non-hydrogen) atoms. The summed E-state index contributed by atoms with van der Waals surface area (Å²) in [5.41, 5.74) is 1.36. The number of aromatic nitrogens is 9. The van der Waals surface area contributed by atoms with Crippen LogP contribution in [0.15, 0.2) is 165 Å². The molecule has 0 aliphatic carbocycles. The average molecular weight is 1720 g/mol. The Balaban J connectivity index is 0.743. The first-order valence-corrected chi connectivity index (χ1v) is 43.3. The first kappa shape index (κ1) is 82.9. The molecule has 6 amide bonds. The van der Waals surface area contributed by atoms with Gasteiger partial charge in [-0.25, -0.2) is 0 Å². The summed E-state index contributed by atoms with van der Waals surface area (Å²) < 4.78 is 78.1. The van der Waals surface area contributed by atoms with E-state index < -0.39 is 113 Å². The number of hydrogen-bond donors (Lipinski definition) is 21. The highest BCUT2D eigenvalue weighted by Crippen LogP contribution is 2.45. The summed E-state index contributed by atoms with van der Waals surface area (Å²) in [4.78, 5) is 230. The van der Waals surface area contributed by atoms with Crippen molar-refractivity contribution in [1.82, 2.24) is 43.6 Å². The third-order valence-electron chi connectivity index (χ3n) is 18.5. The maximum Gasteiger partial charge on any atom is 0.356 e. The molecule has 0 aliphatic heterocycles. The van der Waals surface area contributed by atoms with Crippen LogP contribution in [0.3, 0.4) is 0 Å². The molecule has 13 rings (SSSR count). The lowest BCUT2D eigenvalue weighted by molar-refractivity contribution is 0.0977. The molecule has 0 bridgehead atoms. The molecular formula is C69H66N18O24P6. The lowest BCUT2D eigenvalue weighted by atomic mass is 10.1. The molecule has 0 atom stereocenters. The molecule has 0 spiro atoms. The normalized spacial score (nSPS) is 12.3. The number of rotatable bonds is 24. The Kier molecular flexibility index (Phi) is 21.8. The van der Waals surface area contributed by atoms with Gasteiger partial charge in [-0.1, -0.05) is 18.2 Å². The van der Waals surface area contributed by atoms with Crippen LogP contribution >= 0.6 is 45.6 Å². The Morgan fingerprint density at radius 3 is 0.812 bits per heavy atom. The maximum atomic E-state index is 14.4. The van der Waals surface area contributed by atoms with E-state index in [1.807, 2.05) is 0 Å². The molecule has 7 aromatic heterocycles. The minimum Gasteiger partial charge on any atom is -0.355 e. The van der Waals surface area contributed by atoms with Crippen LogP contribution in [0.25, 0.3) is 32.3 Å². The number of carbonyl (C=O) groups excluding carboxylic acids is 6. The van der Waals surface area contributed by atoms with Crippen LogP contribution in [0, 0.1) is 0 Å². The number of anilines is 12. The maximum absolute atomic E-state index is 14.4. The van der Waals surface area contributed by atoms with Gasteiger partial charge in [-0.3, -0.25) is 56.2 Å². The van der Waals surface area contributed by atoms with Gasteiger partial charge in [0.05, 0.1) is 66.0 Å². The Hall–Kier alpha value is -12.1. The zero-order chi connectivity index (χ0) is 84.8. The molecule has 0 fully saturated rings. The fourth-order valence-electron chi connectivity index (χ4n) is 12.6. The number of aromatic amines is 3. The van der Waals surface area contributed by atoms with Gasteiger partial charge >= 0.3 is 45.6 Å². The molecular weight excluding hydrogens is 1650 g/mol. The largest absolute Gasteiger partial charge is 0.356 e. The Bertz CT molecular complexity index is 6020. The van der Waals surface area contributed by atoms with Gasteiger partial charge in [-0.15, -0.1) is 0 Å². The van der Waals surface area contributed by atoms with Crippen molar-refractivity contribution in [2.75, 3.05) is 67.7 Å². The predicted molar refractivity (Wildman–Crippen MR) is 432 cm³/mol. The molecule has 0 unspecified atom stereocenters. The van der Waals surface area contributed by atoms with E-state index in [-0.39, 0.29) is 136 Å². The summed E-state index contributed by atoms with van der Waals surface area (Å²) in [6.07, 6.45) is 8.67. The second-order valence-electron chi connectivity index (χ2n) is 26.5. The number of hydrogen-bond acceptors (Lipinski definition) is 18. The van der Waals surface area contributed by atoms with Crippen molar-refractivity contribution in [2.45, 2.75) is 0 Å². The number of aryl methyl sites for hydroxylation is 3. The average Bonchev–Trinajstić information content (AvgIpc) is 1.77. The van der Waals surface area contributed by atoms with Crippen LogP contribution in [0.4, 0.5) is 69.0 Å². The molecule has 0 radical (unpaired) electrons. The monoisotopic (exact) mass is 1720 g/mol. The van der Waals surface area contributed by atoms with Crippen molar-refractivity contribution in [2.24, 2.45) is 21.1 Å². The van der Waals surface area contributed by atoms with Crippen molar-refractivity contribution < 1.29 is 115 Å². The molecule has 0 saturated carbocycles. The zero-order valence-electron chi connectivity index (χ0n) is 61.1. The van der Waals surface area contributed by atoms with E-state index in [2.05, 4.69) is 61.8 Å². The summed E-state index contributed by atoms with van der Waals surface area (Å²) in [5, 5.41) is 13.3. The summed E-state index contributed by atoms with van der Waals surface area (Å²) in [6, 6.07) is 24.6. The Morgan fingerprint density at radius 2 is 0.581 bits per heavy atom. The Labute approximate surface area is 657 Å². The van der Waals surface area contributed by atoms with Gasteiger partial charge in [-0.05, 0) is 109 Å². The van der Waals surface area contributed by atoms with Crippen molar-refractivity contribution in [1.29, 1.82) is 0 Å². The quantitative estimate of drug-likeness (QED) is 0.0355. The van der Waals surface area contributed by atoms with Crippen molar-refractivity contribution in [3.63, 3.8) is 0 Å². The lowest BCUT2D eigenvalue weighted by Gasteiger charge is -2.16. The fraction of sp³-hybridized carbons (Fsp3) is 0.0870. The van der Waals surface area contributed by atoms with E-state index in [1.54, 1.807) is 21.1 Å². The lowest BCUT2D eigenvalue weighted by Crippen LogP contribution is -2.27. The summed E-state index contributed by atoms with van der Waals surface area (Å²) in [6.45, 7) is 0. The zero-order valence-corrected chi connectivity index (χ0v) is 66.4. The molecule has 0 saturated heterocycles. The number of fused-ring (bicyclic) bond motifs is 3. The smallest absolute Gasteiger partial charge is 0.355 e. The molecule has 606 valence electrons. The topological polar surface area (TPSA) is 630 Å². The van der Waals surface area contributed by atoms with Crippen LogP contribution in [0.1, 0.15) is 62.9 Å². The van der Waals surface area contributed by atoms with Gasteiger partial charge in [0.2, 0.25) is 17.8 Å². The molecule has 42 nitrogen and oxygen atoms in total. The van der Waals surface area contributed by atoms with Crippen molar-refractivity contribution in [3.8, 4) is 0 Å². The third-order valence-corrected chi connectivity index (χ3v) is 24.4. The predicted octanol–water partition coefficient (Wildman–Crippen LogP) is 4.97. The first-order valence-electron chi connectivity index (χ1n) is 33.6. The molecule has 7 heterocycles. The van der Waals surface area contributed by atoms with E-state index in [4.69, 9.17) is 0 Å². The number of nitrogens with one attached hydrogen (secondary N) is 9. The highest BCUT2D eigenvalue weighted by atomic mass is 31.2. The van der Waals surface area contributed by atoms with Gasteiger partial charge in [-0.2, -0.15) is 15.0 Å². The number of carbonyl (C=O) groups is 6. The van der Waals surface area contributed by atoms with Gasteiger partial charge in [0.25, 0.3) is 35.4 Å². The van der Waals surface area contributed by atoms with Gasteiger partial charge < -0.3 is 134 Å². The highest BCUT2D eigenvalue weighted by Gasteiger charge is 2.32. The molecule has 0 aliphatic rings. The minimum absolute atomic E-state index is 0.0208. The number of nitrogens with zero attached hydrogens (tertiary/aromatic N) is 9. The van der Waals surface area contributed by atoms with E-state index in [0.29, 0.717) is 0 Å². The van der Waals surface area contributed by atoms with Crippen molar-refractivity contribution in [3.05, 3.63) is 199 Å². The third kappa shape index (κ3) is 17.4. The van der Waals surface area contributed by atoms with Crippen LogP contribution in [0.2, 0.25) is 0 Å². The molecule has 6 aromatic carbocycles. The van der Waals surface area contributed by atoms with E-state index >= 15 is 0 Å². The van der Waals surface area contributed by atoms with Gasteiger partial charge in [0, 0.05) is 129 Å². The van der Waals surface area contributed by atoms with Gasteiger partial charge in [0.1, 0.15) is 34.2 Å². The van der Waals surface area contributed by atoms with Crippen LogP contribution in [-0.2, 0) is 48.5 Å². The highest BCUT2D eigenvalue weighted by molar-refractivity contribution is 7.62. The molecule has 48 heteroatoms. The van der Waals surface area contributed by atoms with Crippen LogP contribution in [-0.4, -0.2) is 159 Å². The summed E-state index contributed by atoms with van der Waals surface area (Å²) >= 11 is 0. The summed E-state index contributed by atoms with van der Waals surface area (Å²) in [7, 11) is -20.7. The second kappa shape index (κ2) is 30.8. The van der Waals surface area contributed by atoms with Crippen molar-refractivity contribution >= 4 is 214 Å². The minimum atomic E-state index is -5.00. The molecule has 13 aromatic rings. The van der Waals surface area contributed by atoms with E-state index in [1.165, 1.54) is 160 Å². The molecule has 21 N–H and O–H groups in total. The van der Waals surface area contributed by atoms with Crippen LogP contribution in [0.5, 0.6) is 0 Å². The number of benzene rings is 6. The fourth-order valence-corrected chi connectivity index (χ4v) is 16.6. The first-order chi connectivity index (χ1) is 54.7. The second-order valence-corrected chi connectivity index (χ2v) is 36.0. The van der Waals surface area contributed by atoms with E-state index in [9.17, 15) is 115 Å². The SMILES string of the molecule is CN(C(=O)c1cc(Nc2nc(Nc3cc(C(=O)N(C)c4c[nH]c(C(=O)Nc5ccc(P(=O)(O)O)c6cc(P(=O)(O)O)ccc56)c4)n(C)c3)nc(Nc3cc(C(=O)N(C)c4c[nH]c(C(=O)Nc5ccc(P(=O)(O)O)c6cc(P(=O)(O)O)ccc56)c4)n(C)c3)n2)cn1C)c1c[nH]c(C(=O)Nc2ccc(P(=O)(O)O)c3cc(P(=O)(O)O)ccc23)c1. The number of amides is 6.